The molecule has 0 bridgehead atoms. The number of oxime groups is 1. The Bertz CT molecular complexity index is 387. The molecule has 80 valence electrons. The summed E-state index contributed by atoms with van der Waals surface area (Å²) in [6, 6.07) is 6.60. The fraction of sp³-hybridized carbons (Fsp3) is 0.200. The molecule has 5 heteroatoms. The molecule has 0 saturated carbocycles. The molecule has 0 unspecified atom stereocenters. The van der Waals surface area contributed by atoms with Crippen LogP contribution in [0.3, 0.4) is 0 Å². The number of aliphatic carboxylic acids is 1. The molecule has 1 rings (SSSR count). The average Bonchev–Trinajstić information content (AvgIpc) is 2.25. The lowest BCUT2D eigenvalue weighted by Crippen LogP contribution is -2.14. The van der Waals surface area contributed by atoms with Crippen LogP contribution in [0.4, 0.5) is 0 Å². The third kappa shape index (κ3) is 2.70. The van der Waals surface area contributed by atoms with E-state index in [2.05, 4.69) is 9.99 Å². The van der Waals surface area contributed by atoms with Gasteiger partial charge in [0.25, 0.3) is 0 Å². The van der Waals surface area contributed by atoms with Crippen LogP contribution >= 0.6 is 0 Å². The molecule has 0 radical (unpaired) electrons. The molecule has 1 N–H and O–H groups in total. The quantitative estimate of drug-likeness (QED) is 0.596. The first kappa shape index (κ1) is 11.0. The first-order valence-electron chi connectivity index (χ1n) is 4.18. The molecule has 0 aliphatic rings. The number of nitrogens with zero attached hydrogens (tertiary/aromatic N) is 1. The number of carboxylic acid groups (broad SMARTS) is 1. The van der Waals surface area contributed by atoms with Gasteiger partial charge in [-0.3, -0.25) is 0 Å². The fourth-order valence-electron chi connectivity index (χ4n) is 1.08. The zero-order valence-corrected chi connectivity index (χ0v) is 8.43. The molecule has 0 aliphatic heterocycles. The van der Waals surface area contributed by atoms with E-state index in [4.69, 9.17) is 9.84 Å². The van der Waals surface area contributed by atoms with Gasteiger partial charge in [-0.05, 0) is 12.1 Å². The summed E-state index contributed by atoms with van der Waals surface area (Å²) in [6.07, 6.45) is 0. The number of carboxylic acids is 1. The van der Waals surface area contributed by atoms with Gasteiger partial charge >= 0.3 is 5.97 Å². The summed E-state index contributed by atoms with van der Waals surface area (Å²) >= 11 is 0. The highest BCUT2D eigenvalue weighted by Crippen LogP contribution is 2.13. The lowest BCUT2D eigenvalue weighted by Gasteiger charge is -2.03. The summed E-state index contributed by atoms with van der Waals surface area (Å²) in [6.45, 7) is 0. The second kappa shape index (κ2) is 4.99. The Morgan fingerprint density at radius 2 is 2.13 bits per heavy atom. The number of carbonyl (C=O) groups is 1. The molecule has 0 heterocycles. The van der Waals surface area contributed by atoms with Crippen molar-refractivity contribution in [3.05, 3.63) is 29.8 Å². The predicted molar refractivity (Wildman–Crippen MR) is 54.2 cm³/mol. The third-order valence-corrected chi connectivity index (χ3v) is 1.73. The summed E-state index contributed by atoms with van der Waals surface area (Å²) in [4.78, 5) is 15.3. The molecule has 0 spiro atoms. The van der Waals surface area contributed by atoms with Gasteiger partial charge in [-0.25, -0.2) is 4.79 Å². The van der Waals surface area contributed by atoms with Gasteiger partial charge in [0.15, 0.2) is 5.71 Å². The smallest absolute Gasteiger partial charge is 0.358 e. The van der Waals surface area contributed by atoms with E-state index in [1.54, 1.807) is 24.3 Å². The van der Waals surface area contributed by atoms with E-state index in [0.717, 1.165) is 0 Å². The van der Waals surface area contributed by atoms with Crippen molar-refractivity contribution in [2.75, 3.05) is 14.2 Å². The van der Waals surface area contributed by atoms with Crippen LogP contribution in [0.2, 0.25) is 0 Å². The van der Waals surface area contributed by atoms with Crippen molar-refractivity contribution in [2.45, 2.75) is 0 Å². The lowest BCUT2D eigenvalue weighted by atomic mass is 10.1. The van der Waals surface area contributed by atoms with Gasteiger partial charge in [0.1, 0.15) is 12.9 Å². The number of rotatable bonds is 4. The zero-order valence-electron chi connectivity index (χ0n) is 8.43. The van der Waals surface area contributed by atoms with Crippen molar-refractivity contribution in [3.8, 4) is 5.75 Å². The van der Waals surface area contributed by atoms with Crippen molar-refractivity contribution >= 4 is 11.7 Å². The fourth-order valence-corrected chi connectivity index (χ4v) is 1.08. The molecule has 0 fully saturated rings. The second-order valence-electron chi connectivity index (χ2n) is 2.66. The number of ether oxygens (including phenoxy) is 1. The van der Waals surface area contributed by atoms with E-state index in [-0.39, 0.29) is 5.71 Å². The summed E-state index contributed by atoms with van der Waals surface area (Å²) in [5.41, 5.74) is 0.278. The van der Waals surface area contributed by atoms with Crippen LogP contribution in [0.5, 0.6) is 5.75 Å². The van der Waals surface area contributed by atoms with Crippen molar-refractivity contribution in [3.63, 3.8) is 0 Å². The highest BCUT2D eigenvalue weighted by molar-refractivity contribution is 6.42. The summed E-state index contributed by atoms with van der Waals surface area (Å²) < 4.78 is 4.97. The SMILES string of the molecule is CON=C(C(=O)O)c1cccc(OC)c1. The Labute approximate surface area is 86.9 Å². The Kier molecular flexibility index (Phi) is 3.68. The van der Waals surface area contributed by atoms with Crippen molar-refractivity contribution in [1.29, 1.82) is 0 Å². The van der Waals surface area contributed by atoms with Gasteiger partial charge in [0, 0.05) is 5.56 Å². The summed E-state index contributed by atoms with van der Waals surface area (Å²) in [5, 5.41) is 12.3. The minimum Gasteiger partial charge on any atom is -0.497 e. The molecule has 0 amide bonds. The van der Waals surface area contributed by atoms with Gasteiger partial charge in [-0.1, -0.05) is 17.3 Å². The number of methoxy groups -OCH3 is 1. The van der Waals surface area contributed by atoms with Gasteiger partial charge < -0.3 is 14.7 Å². The maximum atomic E-state index is 10.8. The van der Waals surface area contributed by atoms with Crippen LogP contribution in [0, 0.1) is 0 Å². The van der Waals surface area contributed by atoms with Gasteiger partial charge in [-0.15, -0.1) is 0 Å². The molecule has 0 aromatic heterocycles. The van der Waals surface area contributed by atoms with Crippen molar-refractivity contribution in [1.82, 2.24) is 0 Å². The molecule has 0 aliphatic carbocycles. The molecule has 15 heavy (non-hydrogen) atoms. The summed E-state index contributed by atoms with van der Waals surface area (Å²) in [7, 11) is 2.80. The molecular formula is C10H11NO4. The van der Waals surface area contributed by atoms with Crippen molar-refractivity contribution < 1.29 is 19.5 Å². The molecule has 5 nitrogen and oxygen atoms in total. The van der Waals surface area contributed by atoms with E-state index in [0.29, 0.717) is 11.3 Å². The van der Waals surface area contributed by atoms with Crippen LogP contribution in [0.1, 0.15) is 5.56 Å². The minimum atomic E-state index is -1.15. The second-order valence-corrected chi connectivity index (χ2v) is 2.66. The van der Waals surface area contributed by atoms with E-state index in [9.17, 15) is 4.79 Å². The number of hydrogen-bond donors (Lipinski definition) is 1. The van der Waals surface area contributed by atoms with Crippen LogP contribution < -0.4 is 4.74 Å². The van der Waals surface area contributed by atoms with E-state index < -0.39 is 5.97 Å². The highest BCUT2D eigenvalue weighted by Gasteiger charge is 2.13. The van der Waals surface area contributed by atoms with Crippen LogP contribution in [0.25, 0.3) is 0 Å². The monoisotopic (exact) mass is 209 g/mol. The van der Waals surface area contributed by atoms with Gasteiger partial charge in [0.2, 0.25) is 0 Å². The average molecular weight is 209 g/mol. The van der Waals surface area contributed by atoms with E-state index >= 15 is 0 Å². The minimum absolute atomic E-state index is 0.156. The Balaban J connectivity index is 3.11. The summed E-state index contributed by atoms with van der Waals surface area (Å²) in [5.74, 6) is -0.581. The Morgan fingerprint density at radius 3 is 2.67 bits per heavy atom. The zero-order chi connectivity index (χ0) is 11.3. The predicted octanol–water partition coefficient (Wildman–Crippen LogP) is 1.13. The normalized spacial score (nSPS) is 10.9. The maximum Gasteiger partial charge on any atom is 0.358 e. The molecule has 0 saturated heterocycles. The Morgan fingerprint density at radius 1 is 1.40 bits per heavy atom. The largest absolute Gasteiger partial charge is 0.497 e. The van der Waals surface area contributed by atoms with Crippen LogP contribution in [0.15, 0.2) is 29.4 Å². The van der Waals surface area contributed by atoms with E-state index in [1.165, 1.54) is 14.2 Å². The maximum absolute atomic E-state index is 10.8. The molecule has 0 atom stereocenters. The van der Waals surface area contributed by atoms with Crippen LogP contribution in [-0.2, 0) is 9.63 Å². The molecule has 1 aromatic carbocycles. The standard InChI is InChI=1S/C10H11NO4/c1-14-8-5-3-4-7(6-8)9(10(12)13)11-15-2/h3-6H,1-2H3,(H,12,13). The Hall–Kier alpha value is -2.04. The first-order valence-corrected chi connectivity index (χ1v) is 4.18. The highest BCUT2D eigenvalue weighted by atomic mass is 16.6. The van der Waals surface area contributed by atoms with Crippen LogP contribution in [-0.4, -0.2) is 31.0 Å². The van der Waals surface area contributed by atoms with Gasteiger partial charge in [0.05, 0.1) is 7.11 Å². The molecule has 1 aromatic rings. The topological polar surface area (TPSA) is 68.1 Å². The van der Waals surface area contributed by atoms with Crippen molar-refractivity contribution in [2.24, 2.45) is 5.16 Å². The third-order valence-electron chi connectivity index (χ3n) is 1.73. The van der Waals surface area contributed by atoms with Gasteiger partial charge in [-0.2, -0.15) is 0 Å². The number of hydrogen-bond acceptors (Lipinski definition) is 4. The van der Waals surface area contributed by atoms with E-state index in [1.807, 2.05) is 0 Å². The first-order chi connectivity index (χ1) is 7.19. The lowest BCUT2D eigenvalue weighted by molar-refractivity contribution is -0.129. The number of benzene rings is 1. The molecular weight excluding hydrogens is 198 g/mol.